The molecular formula is C21H22N2O4S. The van der Waals surface area contributed by atoms with Gasteiger partial charge in [0.15, 0.2) is 23.1 Å². The van der Waals surface area contributed by atoms with Gasteiger partial charge in [0.2, 0.25) is 0 Å². The van der Waals surface area contributed by atoms with E-state index < -0.39 is 5.97 Å². The van der Waals surface area contributed by atoms with Gasteiger partial charge in [0, 0.05) is 4.88 Å². The van der Waals surface area contributed by atoms with Crippen molar-refractivity contribution in [2.24, 2.45) is 0 Å². The Bertz CT molecular complexity index is 992. The fourth-order valence-corrected chi connectivity index (χ4v) is 3.56. The number of hydrogen-bond acceptors (Lipinski definition) is 6. The lowest BCUT2D eigenvalue weighted by atomic mass is 10.0. The first-order valence-electron chi connectivity index (χ1n) is 8.90. The number of hydrogen-bond donors (Lipinski definition) is 1. The summed E-state index contributed by atoms with van der Waals surface area (Å²) in [5.41, 5.74) is 3.56. The minimum atomic E-state index is -0.625. The number of esters is 1. The predicted octanol–water partition coefficient (Wildman–Crippen LogP) is 4.36. The lowest BCUT2D eigenvalue weighted by Crippen LogP contribution is -2.31. The molecule has 3 aromatic rings. The highest BCUT2D eigenvalue weighted by Gasteiger charge is 2.20. The second kappa shape index (κ2) is 8.39. The molecule has 2 aromatic heterocycles. The van der Waals surface area contributed by atoms with Crippen LogP contribution < -0.4 is 5.32 Å². The molecule has 0 spiro atoms. The highest BCUT2D eigenvalue weighted by molar-refractivity contribution is 7.15. The van der Waals surface area contributed by atoms with E-state index in [1.807, 2.05) is 39.0 Å². The van der Waals surface area contributed by atoms with Crippen LogP contribution in [0.25, 0.3) is 10.8 Å². The molecule has 3 rings (SSSR count). The molecule has 0 bridgehead atoms. The van der Waals surface area contributed by atoms with Crippen molar-refractivity contribution in [3.8, 4) is 10.8 Å². The summed E-state index contributed by atoms with van der Waals surface area (Å²) in [5.74, 6) is -0.397. The van der Waals surface area contributed by atoms with Crippen molar-refractivity contribution in [3.63, 3.8) is 0 Å². The molecule has 1 N–H and O–H groups in total. The van der Waals surface area contributed by atoms with E-state index in [2.05, 4.69) is 10.3 Å². The van der Waals surface area contributed by atoms with Gasteiger partial charge in [0.1, 0.15) is 0 Å². The molecule has 0 saturated heterocycles. The lowest BCUT2D eigenvalue weighted by Gasteiger charge is -2.15. The Kier molecular flexibility index (Phi) is 5.94. The average Bonchev–Trinajstić information content (AvgIpc) is 3.31. The minimum Gasteiger partial charge on any atom is -0.462 e. The van der Waals surface area contributed by atoms with E-state index in [9.17, 15) is 9.59 Å². The molecule has 0 aliphatic heterocycles. The third-order valence-electron chi connectivity index (χ3n) is 4.46. The van der Waals surface area contributed by atoms with Crippen LogP contribution >= 0.6 is 11.3 Å². The van der Waals surface area contributed by atoms with Gasteiger partial charge in [0.05, 0.1) is 12.3 Å². The van der Waals surface area contributed by atoms with Crippen LogP contribution in [0, 0.1) is 20.8 Å². The van der Waals surface area contributed by atoms with Crippen molar-refractivity contribution in [2.75, 3.05) is 6.61 Å². The number of furan rings is 1. The second-order valence-electron chi connectivity index (χ2n) is 6.61. The number of amides is 1. The van der Waals surface area contributed by atoms with E-state index in [0.29, 0.717) is 15.6 Å². The largest absolute Gasteiger partial charge is 0.462 e. The molecule has 6 nitrogen and oxygen atoms in total. The van der Waals surface area contributed by atoms with Gasteiger partial charge in [-0.1, -0.05) is 18.2 Å². The Labute approximate surface area is 167 Å². The number of rotatable bonds is 6. The first-order chi connectivity index (χ1) is 13.3. The van der Waals surface area contributed by atoms with Gasteiger partial charge in [-0.25, -0.2) is 9.78 Å². The van der Waals surface area contributed by atoms with Gasteiger partial charge in [0.25, 0.3) is 5.91 Å². The van der Waals surface area contributed by atoms with Crippen LogP contribution in [-0.4, -0.2) is 23.5 Å². The number of nitrogens with zero attached hydrogens (tertiary/aromatic N) is 1. The fourth-order valence-electron chi connectivity index (χ4n) is 2.69. The molecule has 0 aliphatic carbocycles. The van der Waals surface area contributed by atoms with E-state index in [1.165, 1.54) is 16.9 Å². The van der Waals surface area contributed by atoms with E-state index in [-0.39, 0.29) is 24.2 Å². The maximum atomic E-state index is 12.3. The molecule has 0 radical (unpaired) electrons. The van der Waals surface area contributed by atoms with Crippen LogP contribution in [0.15, 0.2) is 41.0 Å². The average molecular weight is 398 g/mol. The Morgan fingerprint density at radius 1 is 1.21 bits per heavy atom. The van der Waals surface area contributed by atoms with Crippen LogP contribution in [0.5, 0.6) is 0 Å². The molecule has 28 heavy (non-hydrogen) atoms. The summed E-state index contributed by atoms with van der Waals surface area (Å²) in [7, 11) is 0. The summed E-state index contributed by atoms with van der Waals surface area (Å²) >= 11 is 1.34. The standard InChI is InChI=1S/C21H22N2O4S/c1-12-7-8-16(10-13(12)2)14(3)22-18(24)11-27-21(25)19-15(4)28-20(23-19)17-6-5-9-26-17/h5-10,14H,11H2,1-4H3,(H,22,24). The Hall–Kier alpha value is -2.93. The number of nitrogens with one attached hydrogen (secondary N) is 1. The number of aromatic nitrogens is 1. The third-order valence-corrected chi connectivity index (χ3v) is 5.45. The molecule has 0 aliphatic rings. The first kappa shape index (κ1) is 19.8. The van der Waals surface area contributed by atoms with Gasteiger partial charge in [-0.05, 0) is 56.5 Å². The van der Waals surface area contributed by atoms with Crippen molar-refractivity contribution >= 4 is 23.2 Å². The van der Waals surface area contributed by atoms with E-state index in [1.54, 1.807) is 25.3 Å². The summed E-state index contributed by atoms with van der Waals surface area (Å²) in [5, 5.41) is 3.44. The van der Waals surface area contributed by atoms with E-state index in [0.717, 1.165) is 11.1 Å². The maximum absolute atomic E-state index is 12.3. The topological polar surface area (TPSA) is 81.4 Å². The molecular weight excluding hydrogens is 376 g/mol. The summed E-state index contributed by atoms with van der Waals surface area (Å²) in [6.45, 7) is 7.38. The molecule has 0 fully saturated rings. The highest BCUT2D eigenvalue weighted by atomic mass is 32.1. The number of carbonyl (C=O) groups is 2. The number of benzene rings is 1. The SMILES string of the molecule is Cc1ccc(C(C)NC(=O)COC(=O)c2nc(-c3ccco3)sc2C)cc1C. The number of aryl methyl sites for hydroxylation is 3. The van der Waals surface area contributed by atoms with Crippen LogP contribution in [-0.2, 0) is 9.53 Å². The van der Waals surface area contributed by atoms with Gasteiger partial charge in [-0.15, -0.1) is 11.3 Å². The number of carbonyl (C=O) groups excluding carboxylic acids is 2. The smallest absolute Gasteiger partial charge is 0.358 e. The monoisotopic (exact) mass is 398 g/mol. The van der Waals surface area contributed by atoms with Crippen molar-refractivity contribution in [1.29, 1.82) is 0 Å². The van der Waals surface area contributed by atoms with Crippen LogP contribution in [0.3, 0.4) is 0 Å². The van der Waals surface area contributed by atoms with Gasteiger partial charge < -0.3 is 14.5 Å². The molecule has 1 atom stereocenters. The van der Waals surface area contributed by atoms with Crippen molar-refractivity contribution in [2.45, 2.75) is 33.7 Å². The molecule has 1 unspecified atom stereocenters. The summed E-state index contributed by atoms with van der Waals surface area (Å²) in [6.07, 6.45) is 1.55. The molecule has 146 valence electrons. The number of thiazole rings is 1. The van der Waals surface area contributed by atoms with Gasteiger partial charge in [-0.2, -0.15) is 0 Å². The van der Waals surface area contributed by atoms with E-state index >= 15 is 0 Å². The van der Waals surface area contributed by atoms with E-state index in [4.69, 9.17) is 9.15 Å². The van der Waals surface area contributed by atoms with Crippen LogP contribution in [0.2, 0.25) is 0 Å². The Balaban J connectivity index is 1.57. The summed E-state index contributed by atoms with van der Waals surface area (Å²) < 4.78 is 10.4. The second-order valence-corrected chi connectivity index (χ2v) is 7.81. The minimum absolute atomic E-state index is 0.183. The maximum Gasteiger partial charge on any atom is 0.358 e. The predicted molar refractivity (Wildman–Crippen MR) is 107 cm³/mol. The van der Waals surface area contributed by atoms with Crippen LogP contribution in [0.4, 0.5) is 0 Å². The third kappa shape index (κ3) is 4.48. The quantitative estimate of drug-likeness (QED) is 0.624. The molecule has 0 saturated carbocycles. The van der Waals surface area contributed by atoms with Gasteiger partial charge >= 0.3 is 5.97 Å². The van der Waals surface area contributed by atoms with Crippen molar-refractivity contribution in [3.05, 3.63) is 63.9 Å². The summed E-state index contributed by atoms with van der Waals surface area (Å²) in [6, 6.07) is 9.39. The fraction of sp³-hybridized carbons (Fsp3) is 0.286. The molecule has 1 aromatic carbocycles. The molecule has 2 heterocycles. The Morgan fingerprint density at radius 3 is 2.68 bits per heavy atom. The summed E-state index contributed by atoms with van der Waals surface area (Å²) in [4.78, 5) is 29.5. The van der Waals surface area contributed by atoms with Crippen LogP contribution in [0.1, 0.15) is 45.0 Å². The van der Waals surface area contributed by atoms with Crippen molar-refractivity contribution < 1.29 is 18.7 Å². The molecule has 1 amide bonds. The number of ether oxygens (including phenoxy) is 1. The zero-order chi connectivity index (χ0) is 20.3. The zero-order valence-corrected chi connectivity index (χ0v) is 17.1. The van der Waals surface area contributed by atoms with Gasteiger partial charge in [-0.3, -0.25) is 4.79 Å². The lowest BCUT2D eigenvalue weighted by molar-refractivity contribution is -0.124. The first-order valence-corrected chi connectivity index (χ1v) is 9.71. The molecule has 7 heteroatoms. The van der Waals surface area contributed by atoms with Crippen molar-refractivity contribution in [1.82, 2.24) is 10.3 Å². The normalized spacial score (nSPS) is 11.9. The highest BCUT2D eigenvalue weighted by Crippen LogP contribution is 2.28. The zero-order valence-electron chi connectivity index (χ0n) is 16.2. The Morgan fingerprint density at radius 2 is 2.00 bits per heavy atom.